The molecule has 0 radical (unpaired) electrons. The lowest BCUT2D eigenvalue weighted by Crippen LogP contribution is -2.28. The number of fused-ring (bicyclic) bond motifs is 2. The minimum absolute atomic E-state index is 0.609. The second kappa shape index (κ2) is 6.67. The van der Waals surface area contributed by atoms with Crippen LogP contribution in [0.15, 0.2) is 72.8 Å². The Balaban J connectivity index is 1.77. The second-order valence-electron chi connectivity index (χ2n) is 6.41. The summed E-state index contributed by atoms with van der Waals surface area (Å²) in [5, 5.41) is 13.3. The first kappa shape index (κ1) is 17.3. The van der Waals surface area contributed by atoms with Crippen LogP contribution < -0.4 is 4.74 Å². The number of thiazole rings is 2. The van der Waals surface area contributed by atoms with Gasteiger partial charge < -0.3 is 9.84 Å². The molecule has 0 aliphatic rings. The summed E-state index contributed by atoms with van der Waals surface area (Å²) >= 11 is 2.98. The molecule has 0 saturated heterocycles. The maximum atomic E-state index is 12.0. The summed E-state index contributed by atoms with van der Waals surface area (Å²) in [6.07, 6.45) is 0. The molecular formula is C22H16N2O2S2. The lowest BCUT2D eigenvalue weighted by Gasteiger charge is -2.24. The van der Waals surface area contributed by atoms with Crippen LogP contribution >= 0.6 is 22.7 Å². The maximum absolute atomic E-state index is 12.0. The molecule has 5 rings (SSSR count). The highest BCUT2D eigenvalue weighted by Crippen LogP contribution is 2.43. The molecule has 1 N–H and O–H groups in total. The van der Waals surface area contributed by atoms with Crippen molar-refractivity contribution in [3.8, 4) is 5.75 Å². The Morgan fingerprint density at radius 2 is 1.25 bits per heavy atom. The van der Waals surface area contributed by atoms with Gasteiger partial charge in [-0.15, -0.1) is 22.7 Å². The van der Waals surface area contributed by atoms with E-state index < -0.39 is 5.60 Å². The fourth-order valence-electron chi connectivity index (χ4n) is 3.22. The molecular weight excluding hydrogens is 388 g/mol. The monoisotopic (exact) mass is 404 g/mol. The molecule has 0 unspecified atom stereocenters. The summed E-state index contributed by atoms with van der Waals surface area (Å²) in [5.41, 5.74) is 1.03. The third kappa shape index (κ3) is 2.69. The molecule has 0 atom stereocenters. The molecule has 5 aromatic rings. The summed E-state index contributed by atoms with van der Waals surface area (Å²) in [6.45, 7) is 0. The number of rotatable bonds is 4. The maximum Gasteiger partial charge on any atom is 0.193 e. The van der Waals surface area contributed by atoms with E-state index in [9.17, 15) is 5.11 Å². The van der Waals surface area contributed by atoms with Crippen LogP contribution in [-0.4, -0.2) is 22.2 Å². The van der Waals surface area contributed by atoms with Crippen molar-refractivity contribution in [1.29, 1.82) is 0 Å². The second-order valence-corrected chi connectivity index (χ2v) is 8.47. The van der Waals surface area contributed by atoms with Gasteiger partial charge in [0.25, 0.3) is 0 Å². The van der Waals surface area contributed by atoms with Crippen molar-refractivity contribution >= 4 is 43.1 Å². The highest BCUT2D eigenvalue weighted by atomic mass is 32.1. The van der Waals surface area contributed by atoms with Gasteiger partial charge in [0.1, 0.15) is 15.8 Å². The number of benzene rings is 3. The summed E-state index contributed by atoms with van der Waals surface area (Å²) < 4.78 is 7.35. The average molecular weight is 405 g/mol. The van der Waals surface area contributed by atoms with E-state index in [1.807, 2.05) is 72.8 Å². The zero-order valence-corrected chi connectivity index (χ0v) is 16.6. The first-order valence-corrected chi connectivity index (χ1v) is 10.4. The molecule has 0 aliphatic carbocycles. The number of hydrogen-bond acceptors (Lipinski definition) is 6. The summed E-state index contributed by atoms with van der Waals surface area (Å²) in [7, 11) is 1.63. The Morgan fingerprint density at radius 3 is 1.71 bits per heavy atom. The van der Waals surface area contributed by atoms with Crippen LogP contribution in [0, 0.1) is 0 Å². The van der Waals surface area contributed by atoms with Crippen molar-refractivity contribution in [2.45, 2.75) is 5.60 Å². The molecule has 138 valence electrons. The van der Waals surface area contributed by atoms with Crippen molar-refractivity contribution in [1.82, 2.24) is 9.97 Å². The van der Waals surface area contributed by atoms with Gasteiger partial charge in [0, 0.05) is 0 Å². The van der Waals surface area contributed by atoms with Crippen LogP contribution in [0.4, 0.5) is 0 Å². The predicted octanol–water partition coefficient (Wildman–Crippen LogP) is 5.20. The van der Waals surface area contributed by atoms with Crippen LogP contribution in [0.1, 0.15) is 15.6 Å². The predicted molar refractivity (Wildman–Crippen MR) is 114 cm³/mol. The van der Waals surface area contributed by atoms with E-state index in [0.717, 1.165) is 26.2 Å². The van der Waals surface area contributed by atoms with E-state index in [4.69, 9.17) is 14.7 Å². The van der Waals surface area contributed by atoms with Crippen molar-refractivity contribution < 1.29 is 9.84 Å². The fraction of sp³-hybridized carbons (Fsp3) is 0.0909. The number of aromatic nitrogens is 2. The SMILES string of the molecule is COc1ccc(C(O)(c2nc3ccccc3s2)c2nc3ccccc3s2)cc1. The molecule has 0 fully saturated rings. The van der Waals surface area contributed by atoms with Crippen molar-refractivity contribution in [3.05, 3.63) is 88.4 Å². The number of para-hydroxylation sites is 2. The number of hydrogen-bond donors (Lipinski definition) is 1. The van der Waals surface area contributed by atoms with Gasteiger partial charge in [0.15, 0.2) is 5.60 Å². The van der Waals surface area contributed by atoms with Gasteiger partial charge in [-0.05, 0) is 42.0 Å². The largest absolute Gasteiger partial charge is 0.497 e. The highest BCUT2D eigenvalue weighted by Gasteiger charge is 2.40. The molecule has 4 nitrogen and oxygen atoms in total. The van der Waals surface area contributed by atoms with Gasteiger partial charge in [-0.1, -0.05) is 36.4 Å². The molecule has 3 aromatic carbocycles. The minimum atomic E-state index is -1.43. The first-order valence-electron chi connectivity index (χ1n) is 8.77. The van der Waals surface area contributed by atoms with E-state index in [1.54, 1.807) is 7.11 Å². The summed E-state index contributed by atoms with van der Waals surface area (Å²) in [5.74, 6) is 0.736. The Kier molecular flexibility index (Phi) is 4.12. The fourth-order valence-corrected chi connectivity index (χ4v) is 5.45. The average Bonchev–Trinajstić information content (AvgIpc) is 3.38. The van der Waals surface area contributed by atoms with Crippen LogP contribution in [-0.2, 0) is 5.60 Å². The molecule has 0 spiro atoms. The molecule has 0 amide bonds. The Morgan fingerprint density at radius 1 is 0.750 bits per heavy atom. The van der Waals surface area contributed by atoms with Gasteiger partial charge >= 0.3 is 0 Å². The Bertz CT molecular complexity index is 1130. The van der Waals surface area contributed by atoms with Crippen molar-refractivity contribution in [3.63, 3.8) is 0 Å². The molecule has 28 heavy (non-hydrogen) atoms. The Labute approximate surface area is 169 Å². The first-order chi connectivity index (χ1) is 13.7. The van der Waals surface area contributed by atoms with Crippen LogP contribution in [0.25, 0.3) is 20.4 Å². The van der Waals surface area contributed by atoms with E-state index in [-0.39, 0.29) is 0 Å². The van der Waals surface area contributed by atoms with E-state index in [0.29, 0.717) is 15.6 Å². The summed E-state index contributed by atoms with van der Waals surface area (Å²) in [4.78, 5) is 9.51. The molecule has 0 bridgehead atoms. The standard InChI is InChI=1S/C22H16N2O2S2/c1-26-15-12-10-14(11-13-15)22(25,20-23-16-6-2-4-8-18(16)27-20)21-24-17-7-3-5-9-19(17)28-21/h2-13,25H,1H3. The topological polar surface area (TPSA) is 55.2 Å². The zero-order chi connectivity index (χ0) is 19.1. The molecule has 0 aliphatic heterocycles. The number of nitrogens with zero attached hydrogens (tertiary/aromatic N) is 2. The normalized spacial score (nSPS) is 11.9. The van der Waals surface area contributed by atoms with Crippen LogP contribution in [0.2, 0.25) is 0 Å². The zero-order valence-electron chi connectivity index (χ0n) is 15.0. The van der Waals surface area contributed by atoms with Crippen molar-refractivity contribution in [2.75, 3.05) is 7.11 Å². The van der Waals surface area contributed by atoms with Gasteiger partial charge in [0.05, 0.1) is 27.5 Å². The number of aliphatic hydroxyl groups is 1. The quantitative estimate of drug-likeness (QED) is 0.447. The van der Waals surface area contributed by atoms with Crippen LogP contribution in [0.5, 0.6) is 5.75 Å². The molecule has 6 heteroatoms. The van der Waals surface area contributed by atoms with Gasteiger partial charge in [-0.3, -0.25) is 0 Å². The van der Waals surface area contributed by atoms with Crippen LogP contribution in [0.3, 0.4) is 0 Å². The molecule has 2 heterocycles. The van der Waals surface area contributed by atoms with Gasteiger partial charge in [-0.2, -0.15) is 0 Å². The van der Waals surface area contributed by atoms with E-state index in [2.05, 4.69) is 0 Å². The third-order valence-electron chi connectivity index (χ3n) is 4.71. The lowest BCUT2D eigenvalue weighted by atomic mass is 9.95. The highest BCUT2D eigenvalue weighted by molar-refractivity contribution is 7.20. The Hall–Kier alpha value is -2.80. The smallest absolute Gasteiger partial charge is 0.193 e. The van der Waals surface area contributed by atoms with E-state index >= 15 is 0 Å². The lowest BCUT2D eigenvalue weighted by molar-refractivity contribution is 0.125. The number of ether oxygens (including phenoxy) is 1. The summed E-state index contributed by atoms with van der Waals surface area (Å²) in [6, 6.07) is 23.3. The van der Waals surface area contributed by atoms with E-state index in [1.165, 1.54) is 22.7 Å². The number of methoxy groups -OCH3 is 1. The molecule has 0 saturated carbocycles. The van der Waals surface area contributed by atoms with Gasteiger partial charge in [-0.25, -0.2) is 9.97 Å². The minimum Gasteiger partial charge on any atom is -0.497 e. The third-order valence-corrected chi connectivity index (χ3v) is 7.00. The van der Waals surface area contributed by atoms with Gasteiger partial charge in [0.2, 0.25) is 0 Å². The van der Waals surface area contributed by atoms with Crippen molar-refractivity contribution in [2.24, 2.45) is 0 Å². The molecule has 2 aromatic heterocycles.